The van der Waals surface area contributed by atoms with Gasteiger partial charge in [-0.25, -0.2) is 13.2 Å². The normalized spacial score (nSPS) is 10.4. The second-order valence-corrected chi connectivity index (χ2v) is 3.37. The van der Waals surface area contributed by atoms with Crippen molar-refractivity contribution >= 4 is 0 Å². The van der Waals surface area contributed by atoms with Crippen molar-refractivity contribution in [3.8, 4) is 0 Å². The van der Waals surface area contributed by atoms with E-state index in [0.29, 0.717) is 11.3 Å². The van der Waals surface area contributed by atoms with Crippen LogP contribution in [0.2, 0.25) is 0 Å². The lowest BCUT2D eigenvalue weighted by Gasteiger charge is -2.02. The predicted octanol–water partition coefficient (Wildman–Crippen LogP) is 3.09. The molecule has 4 heteroatoms. The molecule has 0 fully saturated rings. The van der Waals surface area contributed by atoms with Gasteiger partial charge in [0.1, 0.15) is 0 Å². The van der Waals surface area contributed by atoms with E-state index in [-0.39, 0.29) is 6.42 Å². The van der Waals surface area contributed by atoms with Crippen molar-refractivity contribution in [2.24, 2.45) is 0 Å². The van der Waals surface area contributed by atoms with Crippen LogP contribution in [-0.2, 0) is 6.42 Å². The second-order valence-electron chi connectivity index (χ2n) is 3.37. The number of nitrogens with zero attached hydrogens (tertiary/aromatic N) is 1. The topological polar surface area (TPSA) is 12.9 Å². The summed E-state index contributed by atoms with van der Waals surface area (Å²) in [6, 6.07) is 7.22. The number of hydrogen-bond donors (Lipinski definition) is 0. The van der Waals surface area contributed by atoms with E-state index in [1.54, 1.807) is 24.4 Å². The molecule has 0 saturated carbocycles. The second kappa shape index (κ2) is 4.35. The Bertz CT molecular complexity index is 474. The van der Waals surface area contributed by atoms with E-state index < -0.39 is 17.5 Å². The molecule has 1 aromatic carbocycles. The van der Waals surface area contributed by atoms with Crippen LogP contribution >= 0.6 is 0 Å². The molecule has 0 spiro atoms. The summed E-state index contributed by atoms with van der Waals surface area (Å²) in [6.45, 7) is 0. The third kappa shape index (κ3) is 2.21. The van der Waals surface area contributed by atoms with E-state index in [4.69, 9.17) is 0 Å². The van der Waals surface area contributed by atoms with Gasteiger partial charge in [0.25, 0.3) is 0 Å². The molecule has 0 N–H and O–H groups in total. The fourth-order valence-corrected chi connectivity index (χ4v) is 1.42. The Labute approximate surface area is 90.6 Å². The van der Waals surface area contributed by atoms with Gasteiger partial charge < -0.3 is 0 Å². The van der Waals surface area contributed by atoms with Gasteiger partial charge in [-0.2, -0.15) is 0 Å². The number of rotatable bonds is 2. The van der Waals surface area contributed by atoms with Crippen molar-refractivity contribution < 1.29 is 13.2 Å². The van der Waals surface area contributed by atoms with E-state index >= 15 is 0 Å². The van der Waals surface area contributed by atoms with E-state index in [2.05, 4.69) is 4.98 Å². The molecule has 82 valence electrons. The Balaban J connectivity index is 2.29. The third-order valence-corrected chi connectivity index (χ3v) is 2.15. The molecule has 1 heterocycles. The lowest BCUT2D eigenvalue weighted by molar-refractivity contribution is 0.445. The molecule has 0 radical (unpaired) electrons. The molecule has 16 heavy (non-hydrogen) atoms. The molecule has 0 saturated heterocycles. The fourth-order valence-electron chi connectivity index (χ4n) is 1.42. The Hall–Kier alpha value is -1.84. The molecule has 0 aliphatic heterocycles. The predicted molar refractivity (Wildman–Crippen MR) is 53.4 cm³/mol. The van der Waals surface area contributed by atoms with Crippen LogP contribution in [0.25, 0.3) is 0 Å². The first-order valence-electron chi connectivity index (χ1n) is 4.70. The Morgan fingerprint density at radius 1 is 1.00 bits per heavy atom. The van der Waals surface area contributed by atoms with Crippen LogP contribution in [-0.4, -0.2) is 4.98 Å². The van der Waals surface area contributed by atoms with Gasteiger partial charge in [0.05, 0.1) is 0 Å². The number of aromatic nitrogens is 1. The average molecular weight is 223 g/mol. The highest BCUT2D eigenvalue weighted by Crippen LogP contribution is 2.15. The Morgan fingerprint density at radius 3 is 2.25 bits per heavy atom. The van der Waals surface area contributed by atoms with Crippen molar-refractivity contribution in [3.05, 3.63) is 65.2 Å². The minimum absolute atomic E-state index is 0.273. The van der Waals surface area contributed by atoms with E-state index in [1.807, 2.05) is 0 Å². The Kier molecular flexibility index (Phi) is 2.90. The summed E-state index contributed by atoms with van der Waals surface area (Å²) in [5.74, 6) is -3.79. The van der Waals surface area contributed by atoms with E-state index in [0.717, 1.165) is 12.1 Å². The maximum atomic E-state index is 12.9. The lowest BCUT2D eigenvalue weighted by atomic mass is 10.1. The summed E-state index contributed by atoms with van der Waals surface area (Å²) in [4.78, 5) is 4.02. The highest BCUT2D eigenvalue weighted by molar-refractivity contribution is 5.24. The largest absolute Gasteiger partial charge is 0.261 e. The summed E-state index contributed by atoms with van der Waals surface area (Å²) >= 11 is 0. The van der Waals surface area contributed by atoms with Crippen molar-refractivity contribution in [2.45, 2.75) is 6.42 Å². The van der Waals surface area contributed by atoms with Gasteiger partial charge in [0.15, 0.2) is 17.5 Å². The SMILES string of the molecule is Fc1cc(Cc2ccccn2)cc(F)c1F. The van der Waals surface area contributed by atoms with Crippen LogP contribution < -0.4 is 0 Å². The van der Waals surface area contributed by atoms with Gasteiger partial charge in [0, 0.05) is 18.3 Å². The Morgan fingerprint density at radius 2 is 1.69 bits per heavy atom. The molecule has 1 nitrogen and oxygen atoms in total. The van der Waals surface area contributed by atoms with Gasteiger partial charge in [-0.1, -0.05) is 6.07 Å². The van der Waals surface area contributed by atoms with Crippen molar-refractivity contribution in [1.29, 1.82) is 0 Å². The maximum Gasteiger partial charge on any atom is 0.194 e. The van der Waals surface area contributed by atoms with Gasteiger partial charge in [-0.15, -0.1) is 0 Å². The minimum Gasteiger partial charge on any atom is -0.261 e. The summed E-state index contributed by atoms with van der Waals surface area (Å²) in [7, 11) is 0. The first-order valence-corrected chi connectivity index (χ1v) is 4.70. The summed E-state index contributed by atoms with van der Waals surface area (Å²) in [6.07, 6.45) is 1.86. The summed E-state index contributed by atoms with van der Waals surface area (Å²) in [5.41, 5.74) is 1.03. The van der Waals surface area contributed by atoms with Crippen LogP contribution in [0.4, 0.5) is 13.2 Å². The summed E-state index contributed by atoms with van der Waals surface area (Å²) in [5, 5.41) is 0. The monoisotopic (exact) mass is 223 g/mol. The maximum absolute atomic E-state index is 12.9. The summed E-state index contributed by atoms with van der Waals surface area (Å²) < 4.78 is 38.5. The molecule has 0 unspecified atom stereocenters. The van der Waals surface area contributed by atoms with Crippen LogP contribution in [0.3, 0.4) is 0 Å². The van der Waals surface area contributed by atoms with Crippen molar-refractivity contribution in [3.63, 3.8) is 0 Å². The molecule has 0 aliphatic carbocycles. The van der Waals surface area contributed by atoms with Gasteiger partial charge in [-0.05, 0) is 29.8 Å². The number of halogens is 3. The minimum atomic E-state index is -1.44. The molecule has 0 aliphatic rings. The first-order chi connectivity index (χ1) is 7.66. The van der Waals surface area contributed by atoms with Crippen molar-refractivity contribution in [1.82, 2.24) is 4.98 Å². The standard InChI is InChI=1S/C12H8F3N/c13-10-6-8(7-11(14)12(10)15)5-9-3-1-2-4-16-9/h1-4,6-7H,5H2. The molecule has 0 bridgehead atoms. The fraction of sp³-hybridized carbons (Fsp3) is 0.0833. The molecule has 2 aromatic rings. The number of benzene rings is 1. The quantitative estimate of drug-likeness (QED) is 0.713. The zero-order valence-corrected chi connectivity index (χ0v) is 8.25. The van der Waals surface area contributed by atoms with Crippen LogP contribution in [0, 0.1) is 17.5 Å². The van der Waals surface area contributed by atoms with Crippen LogP contribution in [0.5, 0.6) is 0 Å². The zero-order valence-electron chi connectivity index (χ0n) is 8.25. The molecule has 1 aromatic heterocycles. The first kappa shape index (κ1) is 10.7. The highest BCUT2D eigenvalue weighted by atomic mass is 19.2. The van der Waals surface area contributed by atoms with Gasteiger partial charge >= 0.3 is 0 Å². The average Bonchev–Trinajstić information content (AvgIpc) is 2.27. The number of hydrogen-bond acceptors (Lipinski definition) is 1. The third-order valence-electron chi connectivity index (χ3n) is 2.15. The van der Waals surface area contributed by atoms with Crippen LogP contribution in [0.1, 0.15) is 11.3 Å². The van der Waals surface area contributed by atoms with Crippen LogP contribution in [0.15, 0.2) is 36.5 Å². The lowest BCUT2D eigenvalue weighted by Crippen LogP contribution is -1.97. The molecule has 0 amide bonds. The molecular weight excluding hydrogens is 215 g/mol. The molecule has 2 rings (SSSR count). The van der Waals surface area contributed by atoms with E-state index in [9.17, 15) is 13.2 Å². The molecule has 0 atom stereocenters. The van der Waals surface area contributed by atoms with Crippen molar-refractivity contribution in [2.75, 3.05) is 0 Å². The number of pyridine rings is 1. The smallest absolute Gasteiger partial charge is 0.194 e. The zero-order chi connectivity index (χ0) is 11.5. The van der Waals surface area contributed by atoms with Gasteiger partial charge in [0.2, 0.25) is 0 Å². The highest BCUT2D eigenvalue weighted by Gasteiger charge is 2.10. The molecular formula is C12H8F3N. The van der Waals surface area contributed by atoms with E-state index in [1.165, 1.54) is 0 Å². The van der Waals surface area contributed by atoms with Gasteiger partial charge in [-0.3, -0.25) is 4.98 Å².